The molecule has 0 radical (unpaired) electrons. The molecule has 9 heteroatoms. The molecule has 2 heterocycles. The summed E-state index contributed by atoms with van der Waals surface area (Å²) in [6.45, 7) is 1.94. The highest BCUT2D eigenvalue weighted by Crippen LogP contribution is 2.43. The zero-order valence-corrected chi connectivity index (χ0v) is 17.1. The number of ketones is 1. The summed E-state index contributed by atoms with van der Waals surface area (Å²) in [5.74, 6) is -0.419. The van der Waals surface area contributed by atoms with Crippen molar-refractivity contribution in [1.29, 1.82) is 5.26 Å². The molecule has 0 aliphatic heterocycles. The topological polar surface area (TPSA) is 149 Å². The molecule has 2 aromatic carbocycles. The highest BCUT2D eigenvalue weighted by atomic mass is 32.1. The minimum atomic E-state index is -0.567. The number of hydrogen-bond donors (Lipinski definition) is 2. The maximum Gasteiger partial charge on any atom is 0.270 e. The fraction of sp³-hybridized carbons (Fsp3) is 0.0455. The molecule has 0 saturated heterocycles. The second-order valence-corrected chi connectivity index (χ2v) is 7.89. The standard InChI is InChI=1S/C22H15N5O3S/c1-11-5-7-12(8-6-11)16-15(10-23)21(25)26-22-17(16)18(24)20(31-22)19(28)13-3-2-4-14(9-13)27(29)30/h2-9H,24H2,1H3,(H2,25,26). The minimum Gasteiger partial charge on any atom is -0.397 e. The molecule has 31 heavy (non-hydrogen) atoms. The number of nitriles is 1. The highest BCUT2D eigenvalue weighted by Gasteiger charge is 2.25. The Balaban J connectivity index is 1.98. The van der Waals surface area contributed by atoms with Crippen molar-refractivity contribution in [3.63, 3.8) is 0 Å². The first-order valence-electron chi connectivity index (χ1n) is 9.09. The van der Waals surface area contributed by atoms with E-state index in [4.69, 9.17) is 11.5 Å². The number of carbonyl (C=O) groups excluding carboxylic acids is 1. The maximum absolute atomic E-state index is 13.1. The van der Waals surface area contributed by atoms with E-state index in [2.05, 4.69) is 11.1 Å². The lowest BCUT2D eigenvalue weighted by molar-refractivity contribution is -0.384. The first kappa shape index (κ1) is 20.0. The molecule has 4 rings (SSSR count). The second-order valence-electron chi connectivity index (χ2n) is 6.89. The second kappa shape index (κ2) is 7.51. The number of fused-ring (bicyclic) bond motifs is 1. The number of anilines is 2. The molecule has 0 spiro atoms. The molecule has 0 fully saturated rings. The Labute approximate surface area is 180 Å². The van der Waals surface area contributed by atoms with Crippen LogP contribution in [0, 0.1) is 28.4 Å². The third-order valence-corrected chi connectivity index (χ3v) is 5.98. The number of hydrogen-bond acceptors (Lipinski definition) is 8. The number of nitro groups is 1. The number of nitro benzene ring substituents is 1. The van der Waals surface area contributed by atoms with E-state index in [9.17, 15) is 20.2 Å². The van der Waals surface area contributed by atoms with Crippen LogP contribution in [0.15, 0.2) is 48.5 Å². The quantitative estimate of drug-likeness (QED) is 0.276. The van der Waals surface area contributed by atoms with E-state index in [0.29, 0.717) is 15.8 Å². The van der Waals surface area contributed by atoms with Gasteiger partial charge in [0.05, 0.1) is 10.6 Å². The number of rotatable bonds is 4. The zero-order chi connectivity index (χ0) is 22.3. The number of nitrogen functional groups attached to an aromatic ring is 2. The average molecular weight is 429 g/mol. The molecular weight excluding hydrogens is 414 g/mol. The first-order chi connectivity index (χ1) is 14.8. The number of thiophene rings is 1. The van der Waals surface area contributed by atoms with Crippen molar-refractivity contribution in [2.24, 2.45) is 0 Å². The number of nitrogens with two attached hydrogens (primary N) is 2. The van der Waals surface area contributed by atoms with Gasteiger partial charge in [-0.2, -0.15) is 5.26 Å². The Morgan fingerprint density at radius 3 is 2.55 bits per heavy atom. The molecule has 0 aliphatic carbocycles. The molecular formula is C22H15N5O3S. The maximum atomic E-state index is 13.1. The minimum absolute atomic E-state index is 0.0428. The van der Waals surface area contributed by atoms with Gasteiger partial charge in [0.2, 0.25) is 5.78 Å². The molecule has 4 N–H and O–H groups in total. The lowest BCUT2D eigenvalue weighted by Gasteiger charge is -2.10. The summed E-state index contributed by atoms with van der Waals surface area (Å²) < 4.78 is 0. The first-order valence-corrected chi connectivity index (χ1v) is 9.91. The SMILES string of the molecule is Cc1ccc(-c2c(C#N)c(N)nc3sc(C(=O)c4cccc([N+](=O)[O-])c4)c(N)c23)cc1. The Hall–Kier alpha value is -4.29. The van der Waals surface area contributed by atoms with Crippen LogP contribution >= 0.6 is 11.3 Å². The number of non-ortho nitro benzene ring substituents is 1. The van der Waals surface area contributed by atoms with Crippen LogP contribution < -0.4 is 11.5 Å². The molecule has 8 nitrogen and oxygen atoms in total. The third kappa shape index (κ3) is 3.35. The summed E-state index contributed by atoms with van der Waals surface area (Å²) in [5, 5.41) is 21.2. The molecule has 0 aliphatic rings. The van der Waals surface area contributed by atoms with Crippen molar-refractivity contribution in [2.45, 2.75) is 6.92 Å². The van der Waals surface area contributed by atoms with Crippen molar-refractivity contribution in [2.75, 3.05) is 11.5 Å². The van der Waals surface area contributed by atoms with Crippen LogP contribution in [0.2, 0.25) is 0 Å². The van der Waals surface area contributed by atoms with Gasteiger partial charge in [0, 0.05) is 28.6 Å². The van der Waals surface area contributed by atoms with Gasteiger partial charge in [-0.05, 0) is 12.5 Å². The smallest absolute Gasteiger partial charge is 0.270 e. The van der Waals surface area contributed by atoms with Gasteiger partial charge < -0.3 is 11.5 Å². The molecule has 0 amide bonds. The lowest BCUT2D eigenvalue weighted by atomic mass is 9.96. The predicted octanol–water partition coefficient (Wildman–Crippen LogP) is 4.45. The van der Waals surface area contributed by atoms with Crippen molar-refractivity contribution < 1.29 is 9.72 Å². The van der Waals surface area contributed by atoms with Crippen molar-refractivity contribution in [3.05, 3.63) is 80.2 Å². The van der Waals surface area contributed by atoms with Crippen molar-refractivity contribution in [3.8, 4) is 17.2 Å². The fourth-order valence-electron chi connectivity index (χ4n) is 3.35. The Kier molecular flexibility index (Phi) is 4.85. The zero-order valence-electron chi connectivity index (χ0n) is 16.2. The number of benzene rings is 2. The molecule has 0 bridgehead atoms. The van der Waals surface area contributed by atoms with Gasteiger partial charge in [-0.15, -0.1) is 11.3 Å². The number of pyridine rings is 1. The van der Waals surface area contributed by atoms with E-state index in [1.165, 1.54) is 24.3 Å². The van der Waals surface area contributed by atoms with Crippen LogP contribution in [-0.4, -0.2) is 15.7 Å². The Morgan fingerprint density at radius 2 is 1.90 bits per heavy atom. The fourth-order valence-corrected chi connectivity index (χ4v) is 4.43. The summed E-state index contributed by atoms with van der Waals surface area (Å²) in [4.78, 5) is 28.5. The molecule has 152 valence electrons. The van der Waals surface area contributed by atoms with E-state index in [1.807, 2.05) is 31.2 Å². The highest BCUT2D eigenvalue weighted by molar-refractivity contribution is 7.21. The van der Waals surface area contributed by atoms with Crippen LogP contribution in [-0.2, 0) is 0 Å². The van der Waals surface area contributed by atoms with Crippen LogP contribution in [0.25, 0.3) is 21.3 Å². The van der Waals surface area contributed by atoms with Crippen LogP contribution in [0.4, 0.5) is 17.2 Å². The largest absolute Gasteiger partial charge is 0.397 e. The van der Waals surface area contributed by atoms with E-state index in [1.54, 1.807) is 0 Å². The Morgan fingerprint density at radius 1 is 1.19 bits per heavy atom. The summed E-state index contributed by atoms with van der Waals surface area (Å²) >= 11 is 1.04. The van der Waals surface area contributed by atoms with Crippen LogP contribution in [0.3, 0.4) is 0 Å². The van der Waals surface area contributed by atoms with Crippen molar-refractivity contribution >= 4 is 44.5 Å². The predicted molar refractivity (Wildman–Crippen MR) is 120 cm³/mol. The van der Waals surface area contributed by atoms with E-state index < -0.39 is 10.7 Å². The average Bonchev–Trinajstić information content (AvgIpc) is 3.08. The number of aromatic nitrogens is 1. The van der Waals surface area contributed by atoms with Gasteiger partial charge in [-0.3, -0.25) is 14.9 Å². The number of carbonyl (C=O) groups is 1. The van der Waals surface area contributed by atoms with Gasteiger partial charge in [0.15, 0.2) is 0 Å². The van der Waals surface area contributed by atoms with Gasteiger partial charge in [-0.25, -0.2) is 4.98 Å². The van der Waals surface area contributed by atoms with Crippen molar-refractivity contribution in [1.82, 2.24) is 4.98 Å². The molecule has 2 aromatic heterocycles. The van der Waals surface area contributed by atoms with Gasteiger partial charge in [0.1, 0.15) is 27.2 Å². The van der Waals surface area contributed by atoms with E-state index in [0.717, 1.165) is 22.5 Å². The normalized spacial score (nSPS) is 10.7. The Bertz CT molecular complexity index is 1420. The monoisotopic (exact) mass is 429 g/mol. The van der Waals surface area contributed by atoms with Crippen LogP contribution in [0.5, 0.6) is 0 Å². The number of nitrogens with zero attached hydrogens (tertiary/aromatic N) is 3. The molecule has 0 atom stereocenters. The summed E-state index contributed by atoms with van der Waals surface area (Å²) in [5.41, 5.74) is 15.0. The summed E-state index contributed by atoms with van der Waals surface area (Å²) in [6.07, 6.45) is 0. The third-order valence-electron chi connectivity index (χ3n) is 4.88. The van der Waals surface area contributed by atoms with Gasteiger partial charge >= 0.3 is 0 Å². The summed E-state index contributed by atoms with van der Waals surface area (Å²) in [6, 6.07) is 15.0. The number of aryl methyl sites for hydroxylation is 1. The van der Waals surface area contributed by atoms with E-state index in [-0.39, 0.29) is 33.2 Å². The lowest BCUT2D eigenvalue weighted by Crippen LogP contribution is -2.03. The van der Waals surface area contributed by atoms with Gasteiger partial charge in [-0.1, -0.05) is 42.0 Å². The van der Waals surface area contributed by atoms with Gasteiger partial charge in [0.25, 0.3) is 5.69 Å². The summed E-state index contributed by atoms with van der Waals surface area (Å²) in [7, 11) is 0. The molecule has 4 aromatic rings. The van der Waals surface area contributed by atoms with Crippen LogP contribution in [0.1, 0.15) is 26.4 Å². The van der Waals surface area contributed by atoms with E-state index >= 15 is 0 Å². The molecule has 0 unspecified atom stereocenters. The molecule has 0 saturated carbocycles.